The predicted molar refractivity (Wildman–Crippen MR) is 85.2 cm³/mol. The van der Waals surface area contributed by atoms with Gasteiger partial charge in [0.1, 0.15) is 5.69 Å². The maximum atomic E-state index is 11.5. The number of nitrogens with zero attached hydrogens (tertiary/aromatic N) is 1. The van der Waals surface area contributed by atoms with E-state index < -0.39 is 10.9 Å². The van der Waals surface area contributed by atoms with Crippen LogP contribution >= 0.6 is 11.8 Å². The summed E-state index contributed by atoms with van der Waals surface area (Å²) in [6, 6.07) is 4.18. The van der Waals surface area contributed by atoms with Crippen molar-refractivity contribution in [3.05, 3.63) is 33.9 Å². The van der Waals surface area contributed by atoms with E-state index in [-0.39, 0.29) is 5.69 Å². The number of thioether (sulfide) groups is 1. The molecule has 0 bridgehead atoms. The molecule has 1 rings (SSSR count). The number of carbonyl (C=O) groups is 1. The van der Waals surface area contributed by atoms with E-state index in [1.807, 2.05) is 11.8 Å². The number of anilines is 1. The van der Waals surface area contributed by atoms with Crippen LogP contribution in [0.5, 0.6) is 0 Å². The van der Waals surface area contributed by atoms with Gasteiger partial charge in [0.05, 0.1) is 17.6 Å². The van der Waals surface area contributed by atoms with Gasteiger partial charge in [-0.2, -0.15) is 11.8 Å². The zero-order chi connectivity index (χ0) is 15.7. The van der Waals surface area contributed by atoms with Crippen molar-refractivity contribution < 1.29 is 14.5 Å². The monoisotopic (exact) mass is 312 g/mol. The Morgan fingerprint density at radius 1 is 1.38 bits per heavy atom. The number of hydrogen-bond acceptors (Lipinski definition) is 6. The molecule has 116 valence electrons. The lowest BCUT2D eigenvalue weighted by molar-refractivity contribution is -0.384. The summed E-state index contributed by atoms with van der Waals surface area (Å²) in [5.74, 6) is 0.616. The smallest absolute Gasteiger partial charge is 0.337 e. The molecule has 0 radical (unpaired) electrons. The zero-order valence-electron chi connectivity index (χ0n) is 12.3. The average molecular weight is 312 g/mol. The van der Waals surface area contributed by atoms with Gasteiger partial charge in [0.2, 0.25) is 0 Å². The van der Waals surface area contributed by atoms with Crippen molar-refractivity contribution in [1.29, 1.82) is 0 Å². The Labute approximate surface area is 128 Å². The van der Waals surface area contributed by atoms with Crippen molar-refractivity contribution in [2.75, 3.05) is 31.0 Å². The molecule has 0 heterocycles. The van der Waals surface area contributed by atoms with Gasteiger partial charge in [0, 0.05) is 12.6 Å². The highest BCUT2D eigenvalue weighted by Crippen LogP contribution is 2.25. The molecule has 0 saturated carbocycles. The quantitative estimate of drug-likeness (QED) is 0.326. The molecule has 0 aliphatic rings. The van der Waals surface area contributed by atoms with Crippen LogP contribution in [0.3, 0.4) is 0 Å². The van der Waals surface area contributed by atoms with E-state index in [0.29, 0.717) is 17.8 Å². The maximum absolute atomic E-state index is 11.5. The third-order valence-corrected chi connectivity index (χ3v) is 3.65. The maximum Gasteiger partial charge on any atom is 0.337 e. The van der Waals surface area contributed by atoms with Gasteiger partial charge in [-0.1, -0.05) is 6.42 Å². The summed E-state index contributed by atoms with van der Waals surface area (Å²) in [6.07, 6.45) is 5.20. The number of esters is 1. The van der Waals surface area contributed by atoms with E-state index in [9.17, 15) is 14.9 Å². The molecule has 1 N–H and O–H groups in total. The molecule has 0 saturated heterocycles. The molecule has 7 heteroatoms. The first kappa shape index (κ1) is 17.3. The lowest BCUT2D eigenvalue weighted by atomic mass is 10.1. The highest BCUT2D eigenvalue weighted by molar-refractivity contribution is 7.98. The molecule has 1 aromatic carbocycles. The Kier molecular flexibility index (Phi) is 7.60. The van der Waals surface area contributed by atoms with Crippen LogP contribution < -0.4 is 5.32 Å². The van der Waals surface area contributed by atoms with Crippen LogP contribution in [-0.2, 0) is 4.74 Å². The third-order valence-electron chi connectivity index (χ3n) is 2.96. The van der Waals surface area contributed by atoms with Gasteiger partial charge in [-0.15, -0.1) is 0 Å². The summed E-state index contributed by atoms with van der Waals surface area (Å²) in [6.45, 7) is 0.639. The van der Waals surface area contributed by atoms with Crippen LogP contribution in [0.2, 0.25) is 0 Å². The summed E-state index contributed by atoms with van der Waals surface area (Å²) in [5, 5.41) is 14.0. The first-order valence-electron chi connectivity index (χ1n) is 6.69. The van der Waals surface area contributed by atoms with Crippen molar-refractivity contribution in [3.63, 3.8) is 0 Å². The molecule has 0 aromatic heterocycles. The highest BCUT2D eigenvalue weighted by Gasteiger charge is 2.16. The molecule has 0 aliphatic carbocycles. The minimum Gasteiger partial charge on any atom is -0.465 e. The molecular formula is C14H20N2O4S. The summed E-state index contributed by atoms with van der Waals surface area (Å²) >= 11 is 1.81. The molecular weight excluding hydrogens is 292 g/mol. The highest BCUT2D eigenvalue weighted by atomic mass is 32.2. The molecule has 0 atom stereocenters. The number of rotatable bonds is 9. The van der Waals surface area contributed by atoms with Crippen LogP contribution in [0.4, 0.5) is 11.4 Å². The van der Waals surface area contributed by atoms with Gasteiger partial charge in [-0.3, -0.25) is 10.1 Å². The predicted octanol–water partition coefficient (Wildman–Crippen LogP) is 3.33. The fourth-order valence-electron chi connectivity index (χ4n) is 1.85. The minimum atomic E-state index is -0.507. The fourth-order valence-corrected chi connectivity index (χ4v) is 2.35. The van der Waals surface area contributed by atoms with Crippen molar-refractivity contribution in [3.8, 4) is 0 Å². The summed E-state index contributed by atoms with van der Waals surface area (Å²) in [5.41, 5.74) is 0.618. The second-order valence-corrected chi connectivity index (χ2v) is 5.45. The number of benzene rings is 1. The molecule has 0 spiro atoms. The molecule has 0 unspecified atom stereocenters. The normalized spacial score (nSPS) is 10.2. The van der Waals surface area contributed by atoms with Crippen LogP contribution in [0, 0.1) is 10.1 Å². The molecule has 21 heavy (non-hydrogen) atoms. The summed E-state index contributed by atoms with van der Waals surface area (Å²) < 4.78 is 4.62. The standard InChI is InChI=1S/C14H20N2O4S/c1-20-14(17)11-6-7-13(16(18)19)12(10-11)15-8-4-3-5-9-21-2/h6-7,10,15H,3-5,8-9H2,1-2H3. The molecule has 6 nitrogen and oxygen atoms in total. The SMILES string of the molecule is COC(=O)c1ccc([N+](=O)[O-])c(NCCCCCSC)c1. The van der Waals surface area contributed by atoms with Gasteiger partial charge in [-0.05, 0) is 37.0 Å². The van der Waals surface area contributed by atoms with Crippen molar-refractivity contribution in [1.82, 2.24) is 0 Å². The molecule has 0 aliphatic heterocycles. The number of unbranched alkanes of at least 4 members (excludes halogenated alkanes) is 2. The number of hydrogen-bond donors (Lipinski definition) is 1. The zero-order valence-corrected chi connectivity index (χ0v) is 13.1. The number of nitro benzene ring substituents is 1. The van der Waals surface area contributed by atoms with E-state index >= 15 is 0 Å². The second kappa shape index (κ2) is 9.23. The number of carbonyl (C=O) groups excluding carboxylic acids is 1. The number of ether oxygens (including phenoxy) is 1. The van der Waals surface area contributed by atoms with E-state index in [1.165, 1.54) is 25.3 Å². The van der Waals surface area contributed by atoms with Gasteiger partial charge in [-0.25, -0.2) is 4.79 Å². The van der Waals surface area contributed by atoms with Crippen molar-refractivity contribution in [2.24, 2.45) is 0 Å². The summed E-state index contributed by atoms with van der Waals surface area (Å²) in [7, 11) is 1.28. The van der Waals surface area contributed by atoms with Crippen LogP contribution in [-0.4, -0.2) is 36.6 Å². The van der Waals surface area contributed by atoms with Gasteiger partial charge in [0.15, 0.2) is 0 Å². The first-order valence-corrected chi connectivity index (χ1v) is 8.09. The fraction of sp³-hybridized carbons (Fsp3) is 0.500. The first-order chi connectivity index (χ1) is 10.1. The van der Waals surface area contributed by atoms with Crippen molar-refractivity contribution >= 4 is 29.1 Å². The molecule has 1 aromatic rings. The average Bonchev–Trinajstić information content (AvgIpc) is 2.49. The Balaban J connectivity index is 2.68. The van der Waals surface area contributed by atoms with Crippen LogP contribution in [0.25, 0.3) is 0 Å². The molecule has 0 fully saturated rings. The number of nitro groups is 1. The van der Waals surface area contributed by atoms with Crippen LogP contribution in [0.1, 0.15) is 29.6 Å². The Morgan fingerprint density at radius 2 is 2.14 bits per heavy atom. The van der Waals surface area contributed by atoms with Crippen LogP contribution in [0.15, 0.2) is 18.2 Å². The van der Waals surface area contributed by atoms with Gasteiger partial charge < -0.3 is 10.1 Å². The Hall–Kier alpha value is -1.76. The second-order valence-electron chi connectivity index (χ2n) is 4.46. The largest absolute Gasteiger partial charge is 0.465 e. The number of methoxy groups -OCH3 is 1. The van der Waals surface area contributed by atoms with E-state index in [4.69, 9.17) is 0 Å². The lowest BCUT2D eigenvalue weighted by Gasteiger charge is -2.08. The Bertz CT molecular complexity index is 494. The van der Waals surface area contributed by atoms with Gasteiger partial charge in [0.25, 0.3) is 5.69 Å². The van der Waals surface area contributed by atoms with Crippen molar-refractivity contribution in [2.45, 2.75) is 19.3 Å². The summed E-state index contributed by atoms with van der Waals surface area (Å²) in [4.78, 5) is 22.0. The minimum absolute atomic E-state index is 0.0354. The van der Waals surface area contributed by atoms with E-state index in [0.717, 1.165) is 25.0 Å². The lowest BCUT2D eigenvalue weighted by Crippen LogP contribution is -2.07. The third kappa shape index (κ3) is 5.63. The number of nitrogens with one attached hydrogen (secondary N) is 1. The Morgan fingerprint density at radius 3 is 2.76 bits per heavy atom. The van der Waals surface area contributed by atoms with E-state index in [1.54, 1.807) is 0 Å². The molecule has 0 amide bonds. The topological polar surface area (TPSA) is 81.5 Å². The van der Waals surface area contributed by atoms with E-state index in [2.05, 4.69) is 16.3 Å². The van der Waals surface area contributed by atoms with Gasteiger partial charge >= 0.3 is 5.97 Å².